The molecule has 0 spiro atoms. The van der Waals surface area contributed by atoms with Gasteiger partial charge >= 0.3 is 5.63 Å². The molecule has 168 valence electrons. The van der Waals surface area contributed by atoms with Crippen molar-refractivity contribution in [3.8, 4) is 39.9 Å². The maximum atomic E-state index is 13.1. The quantitative estimate of drug-likeness (QED) is 0.388. The lowest BCUT2D eigenvalue weighted by atomic mass is 9.96. The van der Waals surface area contributed by atoms with E-state index in [2.05, 4.69) is 0 Å². The lowest BCUT2D eigenvalue weighted by Crippen LogP contribution is -2.15. The van der Waals surface area contributed by atoms with Crippen molar-refractivity contribution in [2.75, 3.05) is 21.3 Å². The molecule has 0 N–H and O–H groups in total. The maximum absolute atomic E-state index is 13.1. The molecule has 0 amide bonds. The Morgan fingerprint density at radius 1 is 0.879 bits per heavy atom. The predicted octanol–water partition coefficient (Wildman–Crippen LogP) is 4.96. The molecular formula is C26H22O7. The van der Waals surface area contributed by atoms with Crippen molar-refractivity contribution in [1.29, 1.82) is 0 Å². The summed E-state index contributed by atoms with van der Waals surface area (Å²) in [5.41, 5.74) is 2.61. The summed E-state index contributed by atoms with van der Waals surface area (Å²) in [4.78, 5) is 13.1. The van der Waals surface area contributed by atoms with Gasteiger partial charge in [0.15, 0.2) is 11.5 Å². The first-order valence-electron chi connectivity index (χ1n) is 10.4. The van der Waals surface area contributed by atoms with E-state index < -0.39 is 5.63 Å². The minimum absolute atomic E-state index is 0.255. The van der Waals surface area contributed by atoms with E-state index >= 15 is 0 Å². The summed E-state index contributed by atoms with van der Waals surface area (Å²) >= 11 is 0. The van der Waals surface area contributed by atoms with Crippen LogP contribution < -0.4 is 29.3 Å². The number of fused-ring (bicyclic) bond motifs is 5. The predicted molar refractivity (Wildman–Crippen MR) is 123 cm³/mol. The van der Waals surface area contributed by atoms with Gasteiger partial charge in [0.05, 0.1) is 21.3 Å². The highest BCUT2D eigenvalue weighted by Gasteiger charge is 2.28. The van der Waals surface area contributed by atoms with Crippen LogP contribution in [0.4, 0.5) is 0 Å². The topological polar surface area (TPSA) is 76.4 Å². The second-order valence-corrected chi connectivity index (χ2v) is 7.52. The summed E-state index contributed by atoms with van der Waals surface area (Å²) < 4.78 is 34.1. The van der Waals surface area contributed by atoms with Crippen LogP contribution in [0.25, 0.3) is 22.1 Å². The van der Waals surface area contributed by atoms with E-state index in [-0.39, 0.29) is 6.61 Å². The Morgan fingerprint density at radius 2 is 1.67 bits per heavy atom. The highest BCUT2D eigenvalue weighted by Crippen LogP contribution is 2.47. The molecular weight excluding hydrogens is 424 g/mol. The van der Waals surface area contributed by atoms with Crippen LogP contribution in [0.15, 0.2) is 63.8 Å². The molecule has 1 aliphatic rings. The molecule has 1 aromatic heterocycles. The zero-order valence-corrected chi connectivity index (χ0v) is 18.5. The first-order chi connectivity index (χ1) is 16.1. The normalized spacial score (nSPS) is 11.8. The Morgan fingerprint density at radius 3 is 2.39 bits per heavy atom. The van der Waals surface area contributed by atoms with Gasteiger partial charge in [-0.2, -0.15) is 0 Å². The molecule has 2 heterocycles. The van der Waals surface area contributed by atoms with Crippen molar-refractivity contribution in [2.45, 2.75) is 13.2 Å². The van der Waals surface area contributed by atoms with Crippen molar-refractivity contribution in [1.82, 2.24) is 0 Å². The minimum Gasteiger partial charge on any atom is -0.496 e. The van der Waals surface area contributed by atoms with Crippen LogP contribution in [0, 0.1) is 0 Å². The lowest BCUT2D eigenvalue weighted by molar-refractivity contribution is 0.280. The van der Waals surface area contributed by atoms with E-state index in [9.17, 15) is 4.79 Å². The third kappa shape index (κ3) is 3.61. The SMILES string of the molecule is COc1cc(OC)c2c3c(c(=O)oc2c1)-c1cc(OCc2ccccc2)c(OC)cc1CO3. The molecule has 3 aromatic carbocycles. The zero-order valence-electron chi connectivity index (χ0n) is 18.5. The van der Waals surface area contributed by atoms with Crippen molar-refractivity contribution in [3.05, 3.63) is 76.1 Å². The Kier molecular flexibility index (Phi) is 5.30. The molecule has 0 atom stereocenters. The molecule has 5 rings (SSSR count). The average molecular weight is 446 g/mol. The van der Waals surface area contributed by atoms with Crippen LogP contribution in [0.1, 0.15) is 11.1 Å². The first kappa shape index (κ1) is 20.8. The second-order valence-electron chi connectivity index (χ2n) is 7.52. The van der Waals surface area contributed by atoms with Crippen LogP contribution in [-0.4, -0.2) is 21.3 Å². The molecule has 33 heavy (non-hydrogen) atoms. The largest absolute Gasteiger partial charge is 0.496 e. The highest BCUT2D eigenvalue weighted by molar-refractivity contribution is 5.97. The second kappa shape index (κ2) is 8.43. The zero-order chi connectivity index (χ0) is 22.9. The fraction of sp³-hybridized carbons (Fsp3) is 0.192. The van der Waals surface area contributed by atoms with Crippen molar-refractivity contribution < 1.29 is 28.1 Å². The molecule has 0 fully saturated rings. The molecule has 0 unspecified atom stereocenters. The summed E-state index contributed by atoms with van der Waals surface area (Å²) in [6.45, 7) is 0.616. The van der Waals surface area contributed by atoms with Crippen LogP contribution in [0.2, 0.25) is 0 Å². The Balaban J connectivity index is 1.66. The minimum atomic E-state index is -0.520. The summed E-state index contributed by atoms with van der Waals surface area (Å²) in [7, 11) is 4.66. The van der Waals surface area contributed by atoms with Crippen molar-refractivity contribution in [3.63, 3.8) is 0 Å². The molecule has 7 nitrogen and oxygen atoms in total. The maximum Gasteiger partial charge on any atom is 0.348 e. The number of rotatable bonds is 6. The average Bonchev–Trinajstić information content (AvgIpc) is 2.86. The Hall–Kier alpha value is -4.13. The van der Waals surface area contributed by atoms with Gasteiger partial charge < -0.3 is 28.1 Å². The Labute approximate surface area is 190 Å². The number of hydrogen-bond donors (Lipinski definition) is 0. The van der Waals surface area contributed by atoms with Crippen LogP contribution in [-0.2, 0) is 13.2 Å². The van der Waals surface area contributed by atoms with E-state index in [0.29, 0.717) is 57.5 Å². The molecule has 0 aliphatic carbocycles. The molecule has 0 bridgehead atoms. The monoisotopic (exact) mass is 446 g/mol. The van der Waals surface area contributed by atoms with Gasteiger partial charge in [0.2, 0.25) is 0 Å². The van der Waals surface area contributed by atoms with E-state index in [4.69, 9.17) is 28.1 Å². The highest BCUT2D eigenvalue weighted by atomic mass is 16.5. The summed E-state index contributed by atoms with van der Waals surface area (Å²) in [6.07, 6.45) is 0. The third-order valence-electron chi connectivity index (χ3n) is 5.62. The van der Waals surface area contributed by atoms with Gasteiger partial charge in [0, 0.05) is 23.3 Å². The van der Waals surface area contributed by atoms with Crippen LogP contribution in [0.5, 0.6) is 28.7 Å². The van der Waals surface area contributed by atoms with Crippen molar-refractivity contribution in [2.24, 2.45) is 0 Å². The molecule has 0 radical (unpaired) electrons. The summed E-state index contributed by atoms with van der Waals surface area (Å²) in [5.74, 6) is 2.49. The first-order valence-corrected chi connectivity index (χ1v) is 10.4. The summed E-state index contributed by atoms with van der Waals surface area (Å²) in [5, 5.41) is 0.570. The fourth-order valence-corrected chi connectivity index (χ4v) is 4.01. The van der Waals surface area contributed by atoms with Gasteiger partial charge in [0.1, 0.15) is 47.0 Å². The van der Waals surface area contributed by atoms with Gasteiger partial charge in [-0.25, -0.2) is 4.79 Å². The van der Waals surface area contributed by atoms with Crippen molar-refractivity contribution >= 4 is 11.0 Å². The van der Waals surface area contributed by atoms with Gasteiger partial charge in [-0.1, -0.05) is 30.3 Å². The third-order valence-corrected chi connectivity index (χ3v) is 5.62. The molecule has 4 aromatic rings. The molecule has 0 saturated carbocycles. The number of methoxy groups -OCH3 is 3. The number of benzene rings is 3. The molecule has 0 saturated heterocycles. The molecule has 7 heteroatoms. The van der Waals surface area contributed by atoms with Crippen LogP contribution in [0.3, 0.4) is 0 Å². The van der Waals surface area contributed by atoms with E-state index in [1.54, 1.807) is 32.4 Å². The van der Waals surface area contributed by atoms with E-state index in [1.165, 1.54) is 7.11 Å². The van der Waals surface area contributed by atoms with Gasteiger partial charge in [0.25, 0.3) is 0 Å². The van der Waals surface area contributed by atoms with E-state index in [1.807, 2.05) is 36.4 Å². The molecule has 1 aliphatic heterocycles. The van der Waals surface area contributed by atoms with Gasteiger partial charge in [-0.3, -0.25) is 0 Å². The van der Waals surface area contributed by atoms with Gasteiger partial charge in [-0.15, -0.1) is 0 Å². The number of hydrogen-bond acceptors (Lipinski definition) is 7. The smallest absolute Gasteiger partial charge is 0.348 e. The number of ether oxygens (including phenoxy) is 5. The Bertz CT molecular complexity index is 1390. The lowest BCUT2D eigenvalue weighted by Gasteiger charge is -2.23. The fourth-order valence-electron chi connectivity index (χ4n) is 4.01. The standard InChI is InChI=1S/C26H22O7/c1-28-17-10-21(30-3)24-22(11-17)33-26(27)23-18-12-20(31-13-15-7-5-4-6-8-15)19(29-2)9-16(18)14-32-25(23)24/h4-12H,13-14H2,1-3H3. The van der Waals surface area contributed by atoms with E-state index in [0.717, 1.165) is 11.1 Å². The summed E-state index contributed by atoms with van der Waals surface area (Å²) in [6, 6.07) is 16.8. The van der Waals surface area contributed by atoms with Gasteiger partial charge in [-0.05, 0) is 17.7 Å². The van der Waals surface area contributed by atoms with Crippen LogP contribution >= 0.6 is 0 Å².